The molecule has 0 aliphatic carbocycles. The van der Waals surface area contributed by atoms with Gasteiger partial charge in [0, 0.05) is 25.8 Å². The van der Waals surface area contributed by atoms with E-state index >= 15 is 0 Å². The van der Waals surface area contributed by atoms with Gasteiger partial charge in [0.2, 0.25) is 0 Å². The number of carboxylic acid groups (broad SMARTS) is 1. The van der Waals surface area contributed by atoms with Gasteiger partial charge in [0.25, 0.3) is 0 Å². The average Bonchev–Trinajstić information content (AvgIpc) is 2.03. The minimum atomic E-state index is -0.872. The van der Waals surface area contributed by atoms with Gasteiger partial charge < -0.3 is 15.2 Å². The highest BCUT2D eigenvalue weighted by Crippen LogP contribution is 1.89. The number of ether oxygens (including phenoxy) is 1. The molecule has 70 valence electrons. The van der Waals surface area contributed by atoms with E-state index in [4.69, 9.17) is 9.84 Å². The van der Waals surface area contributed by atoms with Gasteiger partial charge in [0.1, 0.15) is 0 Å². The number of hydrogen-bond donors (Lipinski definition) is 2. The summed E-state index contributed by atoms with van der Waals surface area (Å²) in [5.41, 5.74) is 0.361. The van der Waals surface area contributed by atoms with Crippen LogP contribution >= 0.6 is 0 Å². The summed E-state index contributed by atoms with van der Waals surface area (Å²) in [5.74, 6) is -0.872. The van der Waals surface area contributed by atoms with Crippen molar-refractivity contribution >= 4 is 5.97 Å². The Morgan fingerprint density at radius 3 is 2.83 bits per heavy atom. The lowest BCUT2D eigenvalue weighted by molar-refractivity contribution is -0.132. The highest BCUT2D eigenvalue weighted by atomic mass is 16.5. The van der Waals surface area contributed by atoms with Crippen molar-refractivity contribution in [3.63, 3.8) is 0 Å². The number of aliphatic carboxylic acids is 1. The van der Waals surface area contributed by atoms with Gasteiger partial charge in [-0.25, -0.2) is 4.79 Å². The lowest BCUT2D eigenvalue weighted by Gasteiger charge is -1.99. The number of nitrogens with one attached hydrogen (secondary N) is 1. The molecule has 4 nitrogen and oxygen atoms in total. The SMILES string of the molecule is COCCNC/C=C(/C)C(=O)O. The van der Waals surface area contributed by atoms with Crippen LogP contribution in [0.5, 0.6) is 0 Å². The third-order valence-electron chi connectivity index (χ3n) is 1.37. The fourth-order valence-corrected chi connectivity index (χ4v) is 0.589. The first kappa shape index (κ1) is 11.1. The molecule has 0 heterocycles. The van der Waals surface area contributed by atoms with E-state index in [-0.39, 0.29) is 0 Å². The molecule has 0 aromatic carbocycles. The highest BCUT2D eigenvalue weighted by molar-refractivity contribution is 5.85. The molecule has 2 N–H and O–H groups in total. The van der Waals surface area contributed by atoms with Gasteiger partial charge in [0.15, 0.2) is 0 Å². The molecule has 0 aliphatic rings. The van der Waals surface area contributed by atoms with Gasteiger partial charge in [-0.3, -0.25) is 0 Å². The number of carboxylic acids is 1. The molecule has 4 heteroatoms. The molecule has 0 rings (SSSR count). The molecule has 0 bridgehead atoms. The van der Waals surface area contributed by atoms with Gasteiger partial charge in [-0.2, -0.15) is 0 Å². The van der Waals surface area contributed by atoms with E-state index in [0.717, 1.165) is 6.54 Å². The Kier molecular flexibility index (Phi) is 6.32. The van der Waals surface area contributed by atoms with Crippen LogP contribution in [0, 0.1) is 0 Å². The van der Waals surface area contributed by atoms with E-state index in [9.17, 15) is 4.79 Å². The van der Waals surface area contributed by atoms with Crippen LogP contribution in [-0.4, -0.2) is 37.9 Å². The summed E-state index contributed by atoms with van der Waals surface area (Å²) in [7, 11) is 1.63. The topological polar surface area (TPSA) is 58.6 Å². The van der Waals surface area contributed by atoms with Crippen LogP contribution in [-0.2, 0) is 9.53 Å². The van der Waals surface area contributed by atoms with E-state index in [1.165, 1.54) is 0 Å². The maximum atomic E-state index is 10.3. The number of rotatable bonds is 6. The Morgan fingerprint density at radius 1 is 1.67 bits per heavy atom. The van der Waals surface area contributed by atoms with Crippen LogP contribution in [0.1, 0.15) is 6.92 Å². The molecule has 0 amide bonds. The summed E-state index contributed by atoms with van der Waals surface area (Å²) in [4.78, 5) is 10.3. The summed E-state index contributed by atoms with van der Waals surface area (Å²) in [6, 6.07) is 0. The molecule has 0 atom stereocenters. The van der Waals surface area contributed by atoms with Crippen molar-refractivity contribution in [2.24, 2.45) is 0 Å². The third kappa shape index (κ3) is 5.88. The number of methoxy groups -OCH3 is 1. The largest absolute Gasteiger partial charge is 0.478 e. The zero-order valence-electron chi connectivity index (χ0n) is 7.46. The minimum Gasteiger partial charge on any atom is -0.478 e. The van der Waals surface area contributed by atoms with E-state index < -0.39 is 5.97 Å². The molecule has 0 unspecified atom stereocenters. The fourth-order valence-electron chi connectivity index (χ4n) is 0.589. The molecular formula is C8H15NO3. The second-order valence-corrected chi connectivity index (χ2v) is 2.39. The fraction of sp³-hybridized carbons (Fsp3) is 0.625. The van der Waals surface area contributed by atoms with Gasteiger partial charge in [-0.15, -0.1) is 0 Å². The predicted octanol–water partition coefficient (Wildman–Crippen LogP) is 0.253. The highest BCUT2D eigenvalue weighted by Gasteiger charge is 1.96. The van der Waals surface area contributed by atoms with Gasteiger partial charge >= 0.3 is 5.97 Å². The minimum absolute atomic E-state index is 0.361. The third-order valence-corrected chi connectivity index (χ3v) is 1.37. The van der Waals surface area contributed by atoms with Crippen LogP contribution in [0.3, 0.4) is 0 Å². The molecule has 0 fully saturated rings. The van der Waals surface area contributed by atoms with Crippen molar-refractivity contribution in [2.45, 2.75) is 6.92 Å². The van der Waals surface area contributed by atoms with Crippen LogP contribution < -0.4 is 5.32 Å². The van der Waals surface area contributed by atoms with E-state index in [0.29, 0.717) is 18.7 Å². The Labute approximate surface area is 72.2 Å². The van der Waals surface area contributed by atoms with Crippen molar-refractivity contribution in [3.8, 4) is 0 Å². The van der Waals surface area contributed by atoms with Crippen LogP contribution in [0.15, 0.2) is 11.6 Å². The second kappa shape index (κ2) is 6.82. The first-order valence-corrected chi connectivity index (χ1v) is 3.78. The maximum absolute atomic E-state index is 10.3. The predicted molar refractivity (Wildman–Crippen MR) is 46.1 cm³/mol. The van der Waals surface area contributed by atoms with E-state index in [1.807, 2.05) is 0 Å². The standard InChI is InChI=1S/C8H15NO3/c1-7(8(10)11)3-4-9-5-6-12-2/h3,9H,4-6H2,1-2H3,(H,10,11)/b7-3-. The summed E-state index contributed by atoms with van der Waals surface area (Å²) < 4.78 is 4.80. The second-order valence-electron chi connectivity index (χ2n) is 2.39. The molecule has 0 saturated heterocycles. The number of carbonyl (C=O) groups is 1. The smallest absolute Gasteiger partial charge is 0.330 e. The first-order valence-electron chi connectivity index (χ1n) is 3.78. The Morgan fingerprint density at radius 2 is 2.33 bits per heavy atom. The Balaban J connectivity index is 3.40. The van der Waals surface area contributed by atoms with Gasteiger partial charge in [-0.1, -0.05) is 6.08 Å². The summed E-state index contributed by atoms with van der Waals surface area (Å²) in [6.45, 7) is 3.52. The van der Waals surface area contributed by atoms with E-state index in [1.54, 1.807) is 20.1 Å². The maximum Gasteiger partial charge on any atom is 0.330 e. The van der Waals surface area contributed by atoms with Gasteiger partial charge in [0.05, 0.1) is 6.61 Å². The van der Waals surface area contributed by atoms with Crippen LogP contribution in [0.2, 0.25) is 0 Å². The van der Waals surface area contributed by atoms with Crippen molar-refractivity contribution < 1.29 is 14.6 Å². The van der Waals surface area contributed by atoms with Crippen LogP contribution in [0.4, 0.5) is 0 Å². The summed E-state index contributed by atoms with van der Waals surface area (Å²) in [5, 5.41) is 11.5. The zero-order chi connectivity index (χ0) is 9.40. The first-order chi connectivity index (χ1) is 5.68. The van der Waals surface area contributed by atoms with Crippen molar-refractivity contribution in [2.75, 3.05) is 26.8 Å². The molecule has 0 spiro atoms. The van der Waals surface area contributed by atoms with Gasteiger partial charge in [-0.05, 0) is 6.92 Å². The Hall–Kier alpha value is -0.870. The monoisotopic (exact) mass is 173 g/mol. The quantitative estimate of drug-likeness (QED) is 0.446. The lowest BCUT2D eigenvalue weighted by atomic mass is 10.3. The van der Waals surface area contributed by atoms with Crippen LogP contribution in [0.25, 0.3) is 0 Å². The molecule has 0 radical (unpaired) electrons. The average molecular weight is 173 g/mol. The lowest BCUT2D eigenvalue weighted by Crippen LogP contribution is -2.19. The van der Waals surface area contributed by atoms with Crippen molar-refractivity contribution in [1.82, 2.24) is 5.32 Å². The molecule has 12 heavy (non-hydrogen) atoms. The molecule has 0 aliphatic heterocycles. The molecule has 0 aromatic heterocycles. The number of hydrogen-bond acceptors (Lipinski definition) is 3. The summed E-state index contributed by atoms with van der Waals surface area (Å²) >= 11 is 0. The normalized spacial score (nSPS) is 11.7. The molecule has 0 aromatic rings. The molecular weight excluding hydrogens is 158 g/mol. The van der Waals surface area contributed by atoms with Crippen molar-refractivity contribution in [3.05, 3.63) is 11.6 Å². The zero-order valence-corrected chi connectivity index (χ0v) is 7.46. The summed E-state index contributed by atoms with van der Waals surface area (Å²) in [6.07, 6.45) is 1.64. The van der Waals surface area contributed by atoms with Crippen molar-refractivity contribution in [1.29, 1.82) is 0 Å². The van der Waals surface area contributed by atoms with E-state index in [2.05, 4.69) is 5.32 Å². The Bertz CT molecular complexity index is 166. The molecule has 0 saturated carbocycles.